The number of hydrogen-bond donors (Lipinski definition) is 1. The Kier molecular flexibility index (Phi) is 6.06. The van der Waals surface area contributed by atoms with Crippen LogP contribution in [0.2, 0.25) is 0 Å². The molecular weight excluding hydrogens is 210 g/mol. The average Bonchev–Trinajstić information content (AvgIpc) is 2.38. The van der Waals surface area contributed by atoms with Crippen LogP contribution in [-0.2, 0) is 0 Å². The van der Waals surface area contributed by atoms with E-state index in [-0.39, 0.29) is 0 Å². The Morgan fingerprint density at radius 1 is 1.18 bits per heavy atom. The third-order valence-corrected chi connectivity index (χ3v) is 3.23. The number of methoxy groups -OCH3 is 1. The predicted molar refractivity (Wildman–Crippen MR) is 73.5 cm³/mol. The summed E-state index contributed by atoms with van der Waals surface area (Å²) in [6.07, 6.45) is 3.67. The molecule has 0 radical (unpaired) electrons. The second-order valence-electron chi connectivity index (χ2n) is 4.56. The topological polar surface area (TPSA) is 21.3 Å². The SMILES string of the molecule is CCCC(CC)N[C@H](C)c1ccc(OC)cc1. The van der Waals surface area contributed by atoms with Crippen LogP contribution in [0.5, 0.6) is 5.75 Å². The van der Waals surface area contributed by atoms with Crippen LogP contribution in [0.15, 0.2) is 24.3 Å². The molecule has 96 valence electrons. The van der Waals surface area contributed by atoms with Gasteiger partial charge < -0.3 is 10.1 Å². The summed E-state index contributed by atoms with van der Waals surface area (Å²) in [7, 11) is 1.70. The lowest BCUT2D eigenvalue weighted by Crippen LogP contribution is -2.30. The van der Waals surface area contributed by atoms with Gasteiger partial charge in [0.25, 0.3) is 0 Å². The summed E-state index contributed by atoms with van der Waals surface area (Å²) in [5.41, 5.74) is 1.32. The number of hydrogen-bond acceptors (Lipinski definition) is 2. The molecule has 0 fully saturated rings. The summed E-state index contributed by atoms with van der Waals surface area (Å²) in [6.45, 7) is 6.70. The summed E-state index contributed by atoms with van der Waals surface area (Å²) in [5.74, 6) is 0.918. The zero-order valence-electron chi connectivity index (χ0n) is 11.5. The van der Waals surface area contributed by atoms with E-state index in [0.29, 0.717) is 12.1 Å². The van der Waals surface area contributed by atoms with Crippen molar-refractivity contribution in [3.63, 3.8) is 0 Å². The second kappa shape index (κ2) is 7.33. The molecule has 0 amide bonds. The highest BCUT2D eigenvalue weighted by Crippen LogP contribution is 2.18. The van der Waals surface area contributed by atoms with Gasteiger partial charge in [0.2, 0.25) is 0 Å². The fourth-order valence-electron chi connectivity index (χ4n) is 2.10. The number of ether oxygens (including phenoxy) is 1. The van der Waals surface area contributed by atoms with Crippen molar-refractivity contribution in [2.75, 3.05) is 7.11 Å². The highest BCUT2D eigenvalue weighted by Gasteiger charge is 2.10. The summed E-state index contributed by atoms with van der Waals surface area (Å²) in [6, 6.07) is 9.34. The molecule has 0 bridgehead atoms. The maximum absolute atomic E-state index is 5.17. The number of rotatable bonds is 7. The molecule has 0 aliphatic heterocycles. The first-order chi connectivity index (χ1) is 8.21. The van der Waals surface area contributed by atoms with E-state index >= 15 is 0 Å². The van der Waals surface area contributed by atoms with E-state index in [2.05, 4.69) is 38.2 Å². The molecule has 0 heterocycles. The first kappa shape index (κ1) is 14.0. The molecule has 0 aliphatic rings. The van der Waals surface area contributed by atoms with Gasteiger partial charge in [-0.25, -0.2) is 0 Å². The van der Waals surface area contributed by atoms with Crippen molar-refractivity contribution in [1.82, 2.24) is 5.32 Å². The Hall–Kier alpha value is -1.02. The first-order valence-corrected chi connectivity index (χ1v) is 6.61. The van der Waals surface area contributed by atoms with Crippen LogP contribution in [0.1, 0.15) is 51.6 Å². The minimum Gasteiger partial charge on any atom is -0.497 e. The lowest BCUT2D eigenvalue weighted by Gasteiger charge is -2.22. The third kappa shape index (κ3) is 4.39. The van der Waals surface area contributed by atoms with E-state index in [9.17, 15) is 0 Å². The normalized spacial score (nSPS) is 14.4. The smallest absolute Gasteiger partial charge is 0.118 e. The molecule has 0 spiro atoms. The molecule has 1 aromatic rings. The van der Waals surface area contributed by atoms with Crippen LogP contribution >= 0.6 is 0 Å². The molecule has 0 saturated carbocycles. The van der Waals surface area contributed by atoms with E-state index in [1.807, 2.05) is 12.1 Å². The van der Waals surface area contributed by atoms with Gasteiger partial charge >= 0.3 is 0 Å². The molecule has 2 nitrogen and oxygen atoms in total. The highest BCUT2D eigenvalue weighted by atomic mass is 16.5. The minimum absolute atomic E-state index is 0.400. The maximum atomic E-state index is 5.17. The standard InChI is InChI=1S/C15H25NO/c1-5-7-14(6-2)16-12(3)13-8-10-15(17-4)11-9-13/h8-12,14,16H,5-7H2,1-4H3/t12-,14?/m1/s1. The summed E-state index contributed by atoms with van der Waals surface area (Å²) in [4.78, 5) is 0. The fourth-order valence-corrected chi connectivity index (χ4v) is 2.10. The monoisotopic (exact) mass is 235 g/mol. The van der Waals surface area contributed by atoms with Crippen molar-refractivity contribution in [2.45, 2.75) is 52.1 Å². The van der Waals surface area contributed by atoms with Crippen molar-refractivity contribution < 1.29 is 4.74 Å². The zero-order chi connectivity index (χ0) is 12.7. The second-order valence-corrected chi connectivity index (χ2v) is 4.56. The summed E-state index contributed by atoms with van der Waals surface area (Å²) in [5, 5.41) is 3.68. The van der Waals surface area contributed by atoms with Crippen molar-refractivity contribution >= 4 is 0 Å². The average molecular weight is 235 g/mol. The van der Waals surface area contributed by atoms with Crippen molar-refractivity contribution in [1.29, 1.82) is 0 Å². The molecule has 0 saturated heterocycles. The van der Waals surface area contributed by atoms with Gasteiger partial charge in [-0.3, -0.25) is 0 Å². The van der Waals surface area contributed by atoms with E-state index in [1.54, 1.807) is 7.11 Å². The molecule has 1 unspecified atom stereocenters. The zero-order valence-corrected chi connectivity index (χ0v) is 11.5. The summed E-state index contributed by atoms with van der Waals surface area (Å²) >= 11 is 0. The lowest BCUT2D eigenvalue weighted by atomic mass is 10.0. The Labute approximate surface area is 105 Å². The van der Waals surface area contributed by atoms with Gasteiger partial charge in [-0.15, -0.1) is 0 Å². The van der Waals surface area contributed by atoms with Crippen molar-refractivity contribution in [3.8, 4) is 5.75 Å². The van der Waals surface area contributed by atoms with Crippen LogP contribution < -0.4 is 10.1 Å². The van der Waals surface area contributed by atoms with Gasteiger partial charge in [0, 0.05) is 12.1 Å². The number of nitrogens with one attached hydrogen (secondary N) is 1. The summed E-state index contributed by atoms with van der Waals surface area (Å²) < 4.78 is 5.17. The third-order valence-electron chi connectivity index (χ3n) is 3.23. The van der Waals surface area contributed by atoms with Crippen LogP contribution in [0.25, 0.3) is 0 Å². The predicted octanol–water partition coefficient (Wildman–Crippen LogP) is 3.92. The molecular formula is C15H25NO. The molecule has 2 atom stereocenters. The highest BCUT2D eigenvalue weighted by molar-refractivity contribution is 5.28. The van der Waals surface area contributed by atoms with Gasteiger partial charge in [-0.2, -0.15) is 0 Å². The molecule has 2 heteroatoms. The molecule has 1 rings (SSSR count). The van der Waals surface area contributed by atoms with Gasteiger partial charge in [-0.1, -0.05) is 32.4 Å². The van der Waals surface area contributed by atoms with Gasteiger partial charge in [-0.05, 0) is 37.5 Å². The van der Waals surface area contributed by atoms with Crippen LogP contribution in [0.3, 0.4) is 0 Å². The molecule has 0 aromatic heterocycles. The van der Waals surface area contributed by atoms with Gasteiger partial charge in [0.1, 0.15) is 5.75 Å². The molecule has 0 aliphatic carbocycles. The Bertz CT molecular complexity index is 307. The van der Waals surface area contributed by atoms with Crippen molar-refractivity contribution in [3.05, 3.63) is 29.8 Å². The largest absolute Gasteiger partial charge is 0.497 e. The quantitative estimate of drug-likeness (QED) is 0.773. The van der Waals surface area contributed by atoms with Crippen LogP contribution in [-0.4, -0.2) is 13.2 Å². The van der Waals surface area contributed by atoms with Gasteiger partial charge in [0.05, 0.1) is 7.11 Å². The van der Waals surface area contributed by atoms with Crippen LogP contribution in [0.4, 0.5) is 0 Å². The maximum Gasteiger partial charge on any atom is 0.118 e. The lowest BCUT2D eigenvalue weighted by molar-refractivity contribution is 0.410. The van der Waals surface area contributed by atoms with E-state index in [0.717, 1.165) is 5.75 Å². The number of benzene rings is 1. The Morgan fingerprint density at radius 2 is 1.82 bits per heavy atom. The van der Waals surface area contributed by atoms with E-state index < -0.39 is 0 Å². The van der Waals surface area contributed by atoms with Crippen LogP contribution in [0, 0.1) is 0 Å². The Balaban J connectivity index is 2.58. The van der Waals surface area contributed by atoms with Crippen molar-refractivity contribution in [2.24, 2.45) is 0 Å². The molecule has 17 heavy (non-hydrogen) atoms. The van der Waals surface area contributed by atoms with E-state index in [1.165, 1.54) is 24.8 Å². The van der Waals surface area contributed by atoms with E-state index in [4.69, 9.17) is 4.74 Å². The first-order valence-electron chi connectivity index (χ1n) is 6.61. The fraction of sp³-hybridized carbons (Fsp3) is 0.600. The molecule has 1 aromatic carbocycles. The van der Waals surface area contributed by atoms with Gasteiger partial charge in [0.15, 0.2) is 0 Å². The Morgan fingerprint density at radius 3 is 2.29 bits per heavy atom. The molecule has 1 N–H and O–H groups in total. The minimum atomic E-state index is 0.400.